The maximum Gasteiger partial charge on any atom is 0.407 e. The van der Waals surface area contributed by atoms with Gasteiger partial charge in [0.1, 0.15) is 11.2 Å². The maximum absolute atomic E-state index is 13.2. The van der Waals surface area contributed by atoms with Crippen LogP contribution in [0.2, 0.25) is 0 Å². The summed E-state index contributed by atoms with van der Waals surface area (Å²) in [7, 11) is 1.39. The largest absolute Gasteiger partial charge is 0.444 e. The highest BCUT2D eigenvalue weighted by Gasteiger charge is 2.44. The molecule has 8 nitrogen and oxygen atoms in total. The van der Waals surface area contributed by atoms with Gasteiger partial charge in [-0.25, -0.2) is 4.79 Å². The summed E-state index contributed by atoms with van der Waals surface area (Å²) >= 11 is 0. The van der Waals surface area contributed by atoms with Crippen molar-refractivity contribution in [2.45, 2.75) is 63.7 Å². The van der Waals surface area contributed by atoms with Crippen molar-refractivity contribution in [3.8, 4) is 0 Å². The van der Waals surface area contributed by atoms with Crippen molar-refractivity contribution in [3.63, 3.8) is 0 Å². The fourth-order valence-corrected chi connectivity index (χ4v) is 3.67. The maximum atomic E-state index is 13.2. The van der Waals surface area contributed by atoms with Crippen molar-refractivity contribution in [2.24, 2.45) is 0 Å². The molecule has 0 bridgehead atoms. The molecule has 1 aliphatic rings. The summed E-state index contributed by atoms with van der Waals surface area (Å²) < 4.78 is 5.28. The SMILES string of the molecule is CON(C(=O)C1(O)CCC(NC(=O)OC(C)(C)C)CC1)c1ccnc2ccccc12. The van der Waals surface area contributed by atoms with Crippen LogP contribution in [0.5, 0.6) is 0 Å². The number of carbonyl (C=O) groups excluding carboxylic acids is 2. The number of hydrogen-bond acceptors (Lipinski definition) is 6. The fraction of sp³-hybridized carbons (Fsp3) is 0.500. The molecular weight excluding hydrogens is 386 g/mol. The van der Waals surface area contributed by atoms with Gasteiger partial charge in [-0.1, -0.05) is 18.2 Å². The summed E-state index contributed by atoms with van der Waals surface area (Å²) in [6.07, 6.45) is 2.42. The number of hydroxylamine groups is 1. The highest BCUT2D eigenvalue weighted by molar-refractivity contribution is 6.04. The Balaban J connectivity index is 1.71. The summed E-state index contributed by atoms with van der Waals surface area (Å²) in [4.78, 5) is 34.9. The summed E-state index contributed by atoms with van der Waals surface area (Å²) in [5, 5.41) is 15.8. The van der Waals surface area contributed by atoms with E-state index in [1.54, 1.807) is 33.0 Å². The lowest BCUT2D eigenvalue weighted by Gasteiger charge is -2.37. The smallest absolute Gasteiger partial charge is 0.407 e. The number of anilines is 1. The zero-order valence-electron chi connectivity index (χ0n) is 17.8. The molecule has 30 heavy (non-hydrogen) atoms. The van der Waals surface area contributed by atoms with E-state index in [0.29, 0.717) is 18.5 Å². The number of aliphatic hydroxyl groups is 1. The lowest BCUT2D eigenvalue weighted by Crippen LogP contribution is -2.53. The van der Waals surface area contributed by atoms with E-state index in [9.17, 15) is 14.7 Å². The number of benzene rings is 1. The van der Waals surface area contributed by atoms with Crippen molar-refractivity contribution in [3.05, 3.63) is 36.5 Å². The molecule has 1 aliphatic carbocycles. The van der Waals surface area contributed by atoms with Crippen LogP contribution in [0.1, 0.15) is 46.5 Å². The molecule has 0 radical (unpaired) electrons. The van der Waals surface area contributed by atoms with E-state index >= 15 is 0 Å². The van der Waals surface area contributed by atoms with E-state index in [2.05, 4.69) is 10.3 Å². The predicted octanol–water partition coefficient (Wildman–Crippen LogP) is 3.33. The van der Waals surface area contributed by atoms with Gasteiger partial charge >= 0.3 is 6.09 Å². The first kappa shape index (κ1) is 22.0. The number of pyridine rings is 1. The molecule has 3 rings (SSSR count). The topological polar surface area (TPSA) is 101 Å². The molecule has 1 aromatic heterocycles. The molecule has 2 aromatic rings. The Hall–Kier alpha value is -2.71. The van der Waals surface area contributed by atoms with Gasteiger partial charge in [-0.05, 0) is 58.6 Å². The molecule has 8 heteroatoms. The molecule has 0 saturated heterocycles. The van der Waals surface area contributed by atoms with Gasteiger partial charge in [-0.3, -0.25) is 14.6 Å². The molecule has 0 aliphatic heterocycles. The van der Waals surface area contributed by atoms with Crippen LogP contribution in [0.3, 0.4) is 0 Å². The van der Waals surface area contributed by atoms with Gasteiger partial charge in [0.2, 0.25) is 0 Å². The number of alkyl carbamates (subject to hydrolysis) is 1. The van der Waals surface area contributed by atoms with Crippen LogP contribution in [0, 0.1) is 0 Å². The van der Waals surface area contributed by atoms with E-state index in [1.165, 1.54) is 7.11 Å². The first-order valence-corrected chi connectivity index (χ1v) is 10.1. The normalized spacial score (nSPS) is 21.8. The second kappa shape index (κ2) is 8.57. The summed E-state index contributed by atoms with van der Waals surface area (Å²) in [5.74, 6) is -0.530. The first-order valence-electron chi connectivity index (χ1n) is 10.1. The van der Waals surface area contributed by atoms with Gasteiger partial charge < -0.3 is 15.2 Å². The number of amides is 2. The van der Waals surface area contributed by atoms with E-state index in [0.717, 1.165) is 16.0 Å². The Labute approximate surface area is 176 Å². The molecule has 2 N–H and O–H groups in total. The molecular formula is C22H29N3O5. The number of carbonyl (C=O) groups is 2. The zero-order valence-corrected chi connectivity index (χ0v) is 17.8. The third kappa shape index (κ3) is 4.88. The van der Waals surface area contributed by atoms with E-state index < -0.39 is 23.2 Å². The van der Waals surface area contributed by atoms with Crippen molar-refractivity contribution in [1.82, 2.24) is 10.3 Å². The molecule has 0 spiro atoms. The van der Waals surface area contributed by atoms with Crippen LogP contribution >= 0.6 is 0 Å². The average molecular weight is 415 g/mol. The molecule has 2 amide bonds. The molecule has 0 unspecified atom stereocenters. The Morgan fingerprint density at radius 2 is 1.87 bits per heavy atom. The number of nitrogens with one attached hydrogen (secondary N) is 1. The zero-order chi connectivity index (χ0) is 21.9. The Morgan fingerprint density at radius 3 is 2.50 bits per heavy atom. The highest BCUT2D eigenvalue weighted by Crippen LogP contribution is 2.34. The average Bonchev–Trinajstić information content (AvgIpc) is 2.69. The lowest BCUT2D eigenvalue weighted by molar-refractivity contribution is -0.147. The third-order valence-electron chi connectivity index (χ3n) is 5.14. The Kier molecular flexibility index (Phi) is 6.28. The van der Waals surface area contributed by atoms with Crippen LogP contribution < -0.4 is 10.4 Å². The second-order valence-corrected chi connectivity index (χ2v) is 8.58. The first-order chi connectivity index (χ1) is 14.1. The number of hydrogen-bond donors (Lipinski definition) is 2. The van der Waals surface area contributed by atoms with Gasteiger partial charge in [0.25, 0.3) is 5.91 Å². The number of fused-ring (bicyclic) bond motifs is 1. The minimum Gasteiger partial charge on any atom is -0.444 e. The quantitative estimate of drug-likeness (QED) is 0.743. The van der Waals surface area contributed by atoms with Gasteiger partial charge in [0.15, 0.2) is 0 Å². The van der Waals surface area contributed by atoms with Gasteiger partial charge in [-0.2, -0.15) is 5.06 Å². The monoisotopic (exact) mass is 415 g/mol. The summed E-state index contributed by atoms with van der Waals surface area (Å²) in [6.45, 7) is 5.40. The van der Waals surface area contributed by atoms with Gasteiger partial charge in [0.05, 0.1) is 18.3 Å². The molecule has 1 fully saturated rings. The van der Waals surface area contributed by atoms with E-state index in [4.69, 9.17) is 9.57 Å². The second-order valence-electron chi connectivity index (χ2n) is 8.58. The molecule has 162 valence electrons. The van der Waals surface area contributed by atoms with Crippen LogP contribution in [-0.2, 0) is 14.4 Å². The Bertz CT molecular complexity index is 911. The fourth-order valence-electron chi connectivity index (χ4n) is 3.67. The number of aromatic nitrogens is 1. The highest BCUT2D eigenvalue weighted by atomic mass is 16.7. The van der Waals surface area contributed by atoms with Crippen LogP contribution in [0.15, 0.2) is 36.5 Å². The van der Waals surface area contributed by atoms with Gasteiger partial charge in [0, 0.05) is 17.6 Å². The molecule has 1 saturated carbocycles. The van der Waals surface area contributed by atoms with Crippen LogP contribution in [-0.4, -0.2) is 46.4 Å². The number of ether oxygens (including phenoxy) is 1. The number of para-hydroxylation sites is 1. The molecule has 1 heterocycles. The van der Waals surface area contributed by atoms with Crippen molar-refractivity contribution < 1.29 is 24.3 Å². The molecule has 0 atom stereocenters. The lowest BCUT2D eigenvalue weighted by atomic mass is 9.81. The minimum absolute atomic E-state index is 0.161. The Morgan fingerprint density at radius 1 is 1.20 bits per heavy atom. The van der Waals surface area contributed by atoms with E-state index in [1.807, 2.05) is 24.3 Å². The van der Waals surface area contributed by atoms with Gasteiger partial charge in [-0.15, -0.1) is 0 Å². The number of rotatable bonds is 4. The third-order valence-corrected chi connectivity index (χ3v) is 5.14. The molecule has 1 aromatic carbocycles. The van der Waals surface area contributed by atoms with Crippen molar-refractivity contribution in [2.75, 3.05) is 12.2 Å². The summed E-state index contributed by atoms with van der Waals surface area (Å²) in [5.41, 5.74) is -0.911. The van der Waals surface area contributed by atoms with Crippen molar-refractivity contribution >= 4 is 28.6 Å². The van der Waals surface area contributed by atoms with E-state index in [-0.39, 0.29) is 18.9 Å². The van der Waals surface area contributed by atoms with Crippen LogP contribution in [0.25, 0.3) is 10.9 Å². The minimum atomic E-state index is -1.58. The van der Waals surface area contributed by atoms with Crippen LogP contribution in [0.4, 0.5) is 10.5 Å². The van der Waals surface area contributed by atoms with Crippen molar-refractivity contribution in [1.29, 1.82) is 0 Å². The standard InChI is InChI=1S/C22H29N3O5/c1-21(2,3)30-20(27)24-15-9-12-22(28,13-10-15)19(26)25(29-4)18-11-14-23-17-8-6-5-7-16(17)18/h5-8,11,14-15,28H,9-10,12-13H2,1-4H3,(H,24,27). The predicted molar refractivity (Wildman–Crippen MR) is 113 cm³/mol. The summed E-state index contributed by atoms with van der Waals surface area (Å²) in [6, 6.07) is 8.94. The number of nitrogens with zero attached hydrogens (tertiary/aromatic N) is 2.